The lowest BCUT2D eigenvalue weighted by Gasteiger charge is -1.96. The number of nitrogens with zero attached hydrogens (tertiary/aromatic N) is 1. The van der Waals surface area contributed by atoms with Crippen molar-refractivity contribution in [3.05, 3.63) is 36.2 Å². The SMILES string of the molecule is O=C(C=Cc1cccnc1)NCCO. The van der Waals surface area contributed by atoms with Gasteiger partial charge in [0.15, 0.2) is 0 Å². The molecule has 2 N–H and O–H groups in total. The lowest BCUT2D eigenvalue weighted by molar-refractivity contribution is -0.116. The van der Waals surface area contributed by atoms with Crippen molar-refractivity contribution in [2.75, 3.05) is 13.2 Å². The zero-order valence-corrected chi connectivity index (χ0v) is 7.68. The molecule has 4 heteroatoms. The van der Waals surface area contributed by atoms with Gasteiger partial charge in [0.2, 0.25) is 5.91 Å². The van der Waals surface area contributed by atoms with Gasteiger partial charge < -0.3 is 10.4 Å². The molecule has 0 aliphatic carbocycles. The monoisotopic (exact) mass is 192 g/mol. The van der Waals surface area contributed by atoms with Crippen LogP contribution in [0.2, 0.25) is 0 Å². The molecule has 14 heavy (non-hydrogen) atoms. The highest BCUT2D eigenvalue weighted by Crippen LogP contribution is 1.97. The van der Waals surface area contributed by atoms with E-state index in [0.29, 0.717) is 0 Å². The summed E-state index contributed by atoms with van der Waals surface area (Å²) >= 11 is 0. The maximum atomic E-state index is 11.0. The van der Waals surface area contributed by atoms with Crippen LogP contribution in [-0.4, -0.2) is 29.1 Å². The minimum atomic E-state index is -0.220. The summed E-state index contributed by atoms with van der Waals surface area (Å²) in [7, 11) is 0. The van der Waals surface area contributed by atoms with Crippen molar-refractivity contribution in [1.82, 2.24) is 10.3 Å². The number of carbonyl (C=O) groups is 1. The van der Waals surface area contributed by atoms with E-state index >= 15 is 0 Å². The number of hydrogen-bond donors (Lipinski definition) is 2. The van der Waals surface area contributed by atoms with Gasteiger partial charge >= 0.3 is 0 Å². The molecule has 0 fully saturated rings. The van der Waals surface area contributed by atoms with Crippen molar-refractivity contribution >= 4 is 12.0 Å². The predicted molar refractivity (Wildman–Crippen MR) is 53.4 cm³/mol. The second-order valence-electron chi connectivity index (χ2n) is 2.63. The van der Waals surface area contributed by atoms with Gasteiger partial charge in [-0.15, -0.1) is 0 Å². The average Bonchev–Trinajstić information content (AvgIpc) is 2.25. The van der Waals surface area contributed by atoms with Crippen LogP contribution in [0, 0.1) is 0 Å². The molecule has 1 aromatic heterocycles. The van der Waals surface area contributed by atoms with Gasteiger partial charge in [0.25, 0.3) is 0 Å². The summed E-state index contributed by atoms with van der Waals surface area (Å²) in [5, 5.41) is 11.0. The lowest BCUT2D eigenvalue weighted by Crippen LogP contribution is -2.24. The number of aliphatic hydroxyl groups is 1. The van der Waals surface area contributed by atoms with Gasteiger partial charge in [0, 0.05) is 25.0 Å². The highest BCUT2D eigenvalue weighted by molar-refractivity contribution is 5.91. The number of nitrogens with one attached hydrogen (secondary N) is 1. The molecule has 0 saturated carbocycles. The van der Waals surface area contributed by atoms with Crippen LogP contribution < -0.4 is 5.32 Å². The van der Waals surface area contributed by atoms with E-state index in [1.54, 1.807) is 24.5 Å². The Bertz CT molecular complexity index is 309. The zero-order chi connectivity index (χ0) is 10.2. The number of aliphatic hydroxyl groups excluding tert-OH is 1. The molecule has 1 heterocycles. The lowest BCUT2D eigenvalue weighted by atomic mass is 10.2. The number of rotatable bonds is 4. The van der Waals surface area contributed by atoms with Crippen LogP contribution in [0.3, 0.4) is 0 Å². The third-order valence-electron chi connectivity index (χ3n) is 1.52. The van der Waals surface area contributed by atoms with Gasteiger partial charge in [-0.25, -0.2) is 0 Å². The number of amides is 1. The van der Waals surface area contributed by atoms with E-state index in [0.717, 1.165) is 5.56 Å². The minimum Gasteiger partial charge on any atom is -0.395 e. The maximum absolute atomic E-state index is 11.0. The van der Waals surface area contributed by atoms with Crippen molar-refractivity contribution in [3.8, 4) is 0 Å². The molecule has 0 atom stereocenters. The normalized spacial score (nSPS) is 10.4. The molecule has 0 unspecified atom stereocenters. The maximum Gasteiger partial charge on any atom is 0.244 e. The number of carbonyl (C=O) groups excluding carboxylic acids is 1. The van der Waals surface area contributed by atoms with E-state index in [1.165, 1.54) is 6.08 Å². The van der Waals surface area contributed by atoms with Crippen LogP contribution in [0.1, 0.15) is 5.56 Å². The fourth-order valence-electron chi connectivity index (χ4n) is 0.884. The summed E-state index contributed by atoms with van der Waals surface area (Å²) in [6, 6.07) is 3.65. The Labute approximate surface area is 82.3 Å². The van der Waals surface area contributed by atoms with E-state index < -0.39 is 0 Å². The molecule has 1 aromatic rings. The second-order valence-corrected chi connectivity index (χ2v) is 2.63. The minimum absolute atomic E-state index is 0.0491. The third-order valence-corrected chi connectivity index (χ3v) is 1.52. The molecule has 0 saturated heterocycles. The molecule has 0 bridgehead atoms. The van der Waals surface area contributed by atoms with Crippen LogP contribution in [-0.2, 0) is 4.79 Å². The standard InChI is InChI=1S/C10H12N2O2/c13-7-6-12-10(14)4-3-9-2-1-5-11-8-9/h1-5,8,13H,6-7H2,(H,12,14). The van der Waals surface area contributed by atoms with E-state index in [1.807, 2.05) is 6.07 Å². The summed E-state index contributed by atoms with van der Waals surface area (Å²) in [6.07, 6.45) is 6.41. The van der Waals surface area contributed by atoms with Gasteiger partial charge in [0.1, 0.15) is 0 Å². The van der Waals surface area contributed by atoms with Gasteiger partial charge in [0.05, 0.1) is 6.61 Å². The molecular formula is C10H12N2O2. The van der Waals surface area contributed by atoms with Crippen molar-refractivity contribution < 1.29 is 9.90 Å². The smallest absolute Gasteiger partial charge is 0.244 e. The van der Waals surface area contributed by atoms with E-state index in [9.17, 15) is 4.79 Å². The Balaban J connectivity index is 2.44. The van der Waals surface area contributed by atoms with Crippen LogP contribution in [0.15, 0.2) is 30.6 Å². The first-order chi connectivity index (χ1) is 6.83. The van der Waals surface area contributed by atoms with E-state index in [4.69, 9.17) is 5.11 Å². The molecule has 0 aromatic carbocycles. The Morgan fingerprint density at radius 1 is 1.64 bits per heavy atom. The Morgan fingerprint density at radius 2 is 2.50 bits per heavy atom. The zero-order valence-electron chi connectivity index (χ0n) is 7.68. The molecule has 1 amide bonds. The molecule has 0 aliphatic rings. The van der Waals surface area contributed by atoms with Gasteiger partial charge in [-0.2, -0.15) is 0 Å². The number of pyridine rings is 1. The number of hydrogen-bond acceptors (Lipinski definition) is 3. The quantitative estimate of drug-likeness (QED) is 0.670. The summed E-state index contributed by atoms with van der Waals surface area (Å²) in [5.74, 6) is -0.220. The molecule has 0 spiro atoms. The molecule has 74 valence electrons. The van der Waals surface area contributed by atoms with Crippen LogP contribution in [0.25, 0.3) is 6.08 Å². The van der Waals surface area contributed by atoms with Gasteiger partial charge in [-0.3, -0.25) is 9.78 Å². The van der Waals surface area contributed by atoms with Crippen molar-refractivity contribution in [3.63, 3.8) is 0 Å². The fourth-order valence-corrected chi connectivity index (χ4v) is 0.884. The van der Waals surface area contributed by atoms with Crippen LogP contribution in [0.4, 0.5) is 0 Å². The summed E-state index contributed by atoms with van der Waals surface area (Å²) in [6.45, 7) is 0.225. The summed E-state index contributed by atoms with van der Waals surface area (Å²) < 4.78 is 0. The predicted octanol–water partition coefficient (Wildman–Crippen LogP) is 0.203. The molecule has 0 radical (unpaired) electrons. The Morgan fingerprint density at radius 3 is 3.14 bits per heavy atom. The highest BCUT2D eigenvalue weighted by Gasteiger charge is 1.92. The average molecular weight is 192 g/mol. The summed E-state index contributed by atoms with van der Waals surface area (Å²) in [5.41, 5.74) is 0.867. The molecule has 4 nitrogen and oxygen atoms in total. The van der Waals surface area contributed by atoms with Crippen LogP contribution >= 0.6 is 0 Å². The first-order valence-corrected chi connectivity index (χ1v) is 4.30. The first kappa shape index (κ1) is 10.4. The molecule has 1 rings (SSSR count). The second kappa shape index (κ2) is 5.88. The first-order valence-electron chi connectivity index (χ1n) is 4.30. The summed E-state index contributed by atoms with van der Waals surface area (Å²) in [4.78, 5) is 14.9. The topological polar surface area (TPSA) is 62.2 Å². The van der Waals surface area contributed by atoms with Crippen molar-refractivity contribution in [2.45, 2.75) is 0 Å². The van der Waals surface area contributed by atoms with E-state index in [-0.39, 0.29) is 19.1 Å². The highest BCUT2D eigenvalue weighted by atomic mass is 16.3. The number of aromatic nitrogens is 1. The Kier molecular flexibility index (Phi) is 4.37. The Hall–Kier alpha value is -1.68. The van der Waals surface area contributed by atoms with Crippen molar-refractivity contribution in [2.24, 2.45) is 0 Å². The fraction of sp³-hybridized carbons (Fsp3) is 0.200. The van der Waals surface area contributed by atoms with Gasteiger partial charge in [-0.1, -0.05) is 6.07 Å². The third kappa shape index (κ3) is 3.82. The van der Waals surface area contributed by atoms with Crippen LogP contribution in [0.5, 0.6) is 0 Å². The molecule has 0 aliphatic heterocycles. The molecular weight excluding hydrogens is 180 g/mol. The van der Waals surface area contributed by atoms with E-state index in [2.05, 4.69) is 10.3 Å². The van der Waals surface area contributed by atoms with Crippen molar-refractivity contribution in [1.29, 1.82) is 0 Å². The van der Waals surface area contributed by atoms with Gasteiger partial charge in [-0.05, 0) is 17.7 Å². The largest absolute Gasteiger partial charge is 0.395 e.